The van der Waals surface area contributed by atoms with Gasteiger partial charge in [0.2, 0.25) is 0 Å². The molecule has 0 saturated heterocycles. The molecule has 88 heavy (non-hydrogen) atoms. The first-order valence-electron chi connectivity index (χ1n) is 30.8. The molecule has 0 nitrogen and oxygen atoms in total. The SMILES string of the molecule is c1ccc(C2=C(c3ccccc3)c3ccc(-c4ccc(-c5ccc6c(-c7ccc8ccccc8c7)c7cc(-c8ccc(-c9ccc%10c(c9)CC(c9ccccc9)=C%10c9ccccc9)cc8)ccc7c(-c7ccc8ccccc8c7)c6c5)cc4)cc3C2)cc1. The minimum absolute atomic E-state index is 0.902. The van der Waals surface area contributed by atoms with E-state index in [0.29, 0.717) is 0 Å². The number of rotatable bonds is 10. The van der Waals surface area contributed by atoms with E-state index in [0.717, 1.165) is 12.8 Å². The zero-order valence-corrected chi connectivity index (χ0v) is 48.6. The molecule has 0 heterocycles. The van der Waals surface area contributed by atoms with Crippen LogP contribution < -0.4 is 0 Å². The van der Waals surface area contributed by atoms with Gasteiger partial charge in [-0.1, -0.05) is 303 Å². The molecule has 0 saturated carbocycles. The summed E-state index contributed by atoms with van der Waals surface area (Å²) in [6.07, 6.45) is 1.80. The van der Waals surface area contributed by atoms with Gasteiger partial charge < -0.3 is 0 Å². The van der Waals surface area contributed by atoms with Gasteiger partial charge in [0.25, 0.3) is 0 Å². The fraction of sp³-hybridized carbons (Fsp3) is 0.0227. The van der Waals surface area contributed by atoms with Gasteiger partial charge in [-0.05, 0) is 214 Å². The molecule has 0 spiro atoms. The zero-order chi connectivity index (χ0) is 58.1. The Kier molecular flexibility index (Phi) is 12.5. The molecule has 17 rings (SSSR count). The Labute approximate surface area is 514 Å². The maximum absolute atomic E-state index is 2.46. The van der Waals surface area contributed by atoms with Gasteiger partial charge in [0.15, 0.2) is 0 Å². The van der Waals surface area contributed by atoms with Gasteiger partial charge in [-0.2, -0.15) is 0 Å². The monoisotopic (exact) mass is 1110 g/mol. The van der Waals surface area contributed by atoms with Crippen LogP contribution in [0.3, 0.4) is 0 Å². The standard InChI is InChI=1S/C88H58/c1-5-19-63(20-6-1)81-55-75-51-69(41-45-77(75)85(81)65-23-9-3-10-24-65)59-29-33-61(34-30-59)71-43-47-79-83(53-71)87(73-39-37-57-17-13-15-27-67(57)49-73)80-48-44-72(54-84(80)88(79)74-40-38-58-18-14-16-28-68(58)50-74)62-35-31-60(32-36-62)70-42-46-78-76(52-70)56-82(64-21-7-2-8-22-64)86(78)66-25-11-4-12-26-66/h1-54H,55-56H2. The van der Waals surface area contributed by atoms with E-state index in [1.165, 1.54) is 177 Å². The molecule has 0 unspecified atom stereocenters. The maximum atomic E-state index is 2.46. The molecule has 0 N–H and O–H groups in total. The second-order valence-corrected chi connectivity index (χ2v) is 23.8. The van der Waals surface area contributed by atoms with Crippen molar-refractivity contribution in [3.8, 4) is 66.8 Å². The van der Waals surface area contributed by atoms with Crippen molar-refractivity contribution in [1.29, 1.82) is 0 Å². The van der Waals surface area contributed by atoms with Crippen molar-refractivity contribution in [3.63, 3.8) is 0 Å². The van der Waals surface area contributed by atoms with Crippen LogP contribution in [-0.4, -0.2) is 0 Å². The Balaban J connectivity index is 0.769. The van der Waals surface area contributed by atoms with Crippen molar-refractivity contribution in [2.24, 2.45) is 0 Å². The first-order chi connectivity index (χ1) is 43.6. The van der Waals surface area contributed by atoms with Crippen LogP contribution in [-0.2, 0) is 12.8 Å². The van der Waals surface area contributed by atoms with Gasteiger partial charge in [0.1, 0.15) is 0 Å². The van der Waals surface area contributed by atoms with E-state index in [1.54, 1.807) is 0 Å². The summed E-state index contributed by atoms with van der Waals surface area (Å²) in [6, 6.07) is 122. The highest BCUT2D eigenvalue weighted by molar-refractivity contribution is 6.23. The van der Waals surface area contributed by atoms with Crippen LogP contribution in [0.2, 0.25) is 0 Å². The Morgan fingerprint density at radius 1 is 0.170 bits per heavy atom. The van der Waals surface area contributed by atoms with Crippen LogP contribution in [0, 0.1) is 0 Å². The van der Waals surface area contributed by atoms with Crippen molar-refractivity contribution in [2.75, 3.05) is 0 Å². The van der Waals surface area contributed by atoms with E-state index < -0.39 is 0 Å². The fourth-order valence-electron chi connectivity index (χ4n) is 14.5. The zero-order valence-electron chi connectivity index (χ0n) is 48.6. The summed E-state index contributed by atoms with van der Waals surface area (Å²) in [7, 11) is 0. The lowest BCUT2D eigenvalue weighted by Gasteiger charge is -2.20. The topological polar surface area (TPSA) is 0 Å². The first kappa shape index (κ1) is 51.3. The number of fused-ring (bicyclic) bond motifs is 6. The molecule has 2 aliphatic rings. The highest BCUT2D eigenvalue weighted by atomic mass is 14.3. The Hall–Kier alpha value is -11.2. The summed E-state index contributed by atoms with van der Waals surface area (Å²) in [4.78, 5) is 0. The lowest BCUT2D eigenvalue weighted by atomic mass is 9.83. The molecule has 0 amide bonds. The van der Waals surface area contributed by atoms with Gasteiger partial charge >= 0.3 is 0 Å². The third kappa shape index (κ3) is 9.00. The Bertz CT molecular complexity index is 4960. The summed E-state index contributed by atoms with van der Waals surface area (Å²) >= 11 is 0. The summed E-state index contributed by atoms with van der Waals surface area (Å²) in [5.74, 6) is 0. The molecule has 0 radical (unpaired) electrons. The molecule has 2 aliphatic carbocycles. The third-order valence-electron chi connectivity index (χ3n) is 18.8. The highest BCUT2D eigenvalue weighted by Gasteiger charge is 2.27. The summed E-state index contributed by atoms with van der Waals surface area (Å²) in [5.41, 5.74) is 30.5. The molecule has 15 aromatic carbocycles. The quantitative estimate of drug-likeness (QED) is 0.120. The number of benzene rings is 15. The van der Waals surface area contributed by atoms with E-state index in [-0.39, 0.29) is 0 Å². The van der Waals surface area contributed by atoms with Crippen molar-refractivity contribution < 1.29 is 0 Å². The van der Waals surface area contributed by atoms with Crippen LogP contribution in [0.1, 0.15) is 44.5 Å². The molecule has 0 atom stereocenters. The van der Waals surface area contributed by atoms with E-state index in [4.69, 9.17) is 0 Å². The Morgan fingerprint density at radius 2 is 0.466 bits per heavy atom. The Morgan fingerprint density at radius 3 is 0.841 bits per heavy atom. The van der Waals surface area contributed by atoms with Gasteiger partial charge in [-0.3, -0.25) is 0 Å². The smallest absolute Gasteiger partial charge is 0.000706 e. The van der Waals surface area contributed by atoms with Crippen LogP contribution >= 0.6 is 0 Å². The fourth-order valence-corrected chi connectivity index (χ4v) is 14.5. The largest absolute Gasteiger partial charge is 0.0622 e. The molecular weight excluding hydrogens is 1060 g/mol. The van der Waals surface area contributed by atoms with Crippen molar-refractivity contribution in [2.45, 2.75) is 12.8 Å². The van der Waals surface area contributed by atoms with E-state index in [2.05, 4.69) is 328 Å². The molecule has 0 heteroatoms. The van der Waals surface area contributed by atoms with E-state index >= 15 is 0 Å². The molecule has 0 bridgehead atoms. The van der Waals surface area contributed by atoms with Gasteiger partial charge in [0, 0.05) is 0 Å². The molecule has 410 valence electrons. The normalized spacial score (nSPS) is 12.8. The van der Waals surface area contributed by atoms with Gasteiger partial charge in [0.05, 0.1) is 0 Å². The molecular formula is C88H58. The second-order valence-electron chi connectivity index (χ2n) is 23.8. The molecule has 0 aromatic heterocycles. The van der Waals surface area contributed by atoms with Crippen LogP contribution in [0.15, 0.2) is 328 Å². The van der Waals surface area contributed by atoms with Crippen LogP contribution in [0.5, 0.6) is 0 Å². The van der Waals surface area contributed by atoms with E-state index in [1.807, 2.05) is 0 Å². The predicted octanol–water partition coefficient (Wildman–Crippen LogP) is 23.3. The van der Waals surface area contributed by atoms with Crippen molar-refractivity contribution >= 4 is 65.4 Å². The molecule has 0 aliphatic heterocycles. The number of hydrogen-bond acceptors (Lipinski definition) is 0. The average Bonchev–Trinajstić information content (AvgIpc) is 2.36. The number of hydrogen-bond donors (Lipinski definition) is 0. The second kappa shape index (κ2) is 21.4. The minimum atomic E-state index is 0.902. The van der Waals surface area contributed by atoms with Gasteiger partial charge in [-0.15, -0.1) is 0 Å². The summed E-state index contributed by atoms with van der Waals surface area (Å²) in [5, 5.41) is 9.85. The van der Waals surface area contributed by atoms with E-state index in [9.17, 15) is 0 Å². The molecule has 0 fully saturated rings. The average molecular weight is 1120 g/mol. The molecule has 15 aromatic rings. The predicted molar refractivity (Wildman–Crippen MR) is 374 cm³/mol. The van der Waals surface area contributed by atoms with Gasteiger partial charge in [-0.25, -0.2) is 0 Å². The first-order valence-corrected chi connectivity index (χ1v) is 30.8. The third-order valence-corrected chi connectivity index (χ3v) is 18.8. The lowest BCUT2D eigenvalue weighted by Crippen LogP contribution is -1.93. The number of allylic oxidation sites excluding steroid dienone is 2. The summed E-state index contributed by atoms with van der Waals surface area (Å²) < 4.78 is 0. The van der Waals surface area contributed by atoms with Crippen LogP contribution in [0.4, 0.5) is 0 Å². The lowest BCUT2D eigenvalue weighted by molar-refractivity contribution is 1.31. The summed E-state index contributed by atoms with van der Waals surface area (Å²) in [6.45, 7) is 0. The van der Waals surface area contributed by atoms with Crippen molar-refractivity contribution in [3.05, 3.63) is 372 Å². The van der Waals surface area contributed by atoms with Crippen LogP contribution in [0.25, 0.3) is 132 Å². The highest BCUT2D eigenvalue weighted by Crippen LogP contribution is 2.49. The van der Waals surface area contributed by atoms with Crippen molar-refractivity contribution in [1.82, 2.24) is 0 Å². The minimum Gasteiger partial charge on any atom is -0.0622 e. The maximum Gasteiger partial charge on any atom is -0.000706 e.